The van der Waals surface area contributed by atoms with Gasteiger partial charge < -0.3 is 5.32 Å². The van der Waals surface area contributed by atoms with Gasteiger partial charge in [-0.2, -0.15) is 21.4 Å². The van der Waals surface area contributed by atoms with Crippen molar-refractivity contribution in [3.8, 4) is 0 Å². The summed E-state index contributed by atoms with van der Waals surface area (Å²) < 4.78 is 8.95. The van der Waals surface area contributed by atoms with Crippen molar-refractivity contribution in [1.29, 1.82) is 0 Å². The number of unbranched alkanes of at least 4 members (excludes halogenated alkanes) is 2. The number of thiol groups is 1. The van der Waals surface area contributed by atoms with Crippen molar-refractivity contribution in [3.05, 3.63) is 11.8 Å². The number of nitrogens with zero attached hydrogens (tertiary/aromatic N) is 2. The van der Waals surface area contributed by atoms with Crippen molar-refractivity contribution in [3.63, 3.8) is 0 Å². The van der Waals surface area contributed by atoms with E-state index in [1.807, 2.05) is 11.8 Å². The number of rotatable bonds is 7. The predicted octanol–water partition coefficient (Wildman–Crippen LogP) is 3.50. The fraction of sp³-hybridized carbons (Fsp3) is 0.692. The van der Waals surface area contributed by atoms with Gasteiger partial charge in [-0.05, 0) is 49.8 Å². The minimum atomic E-state index is 0.390. The second kappa shape index (κ2) is 8.29. The maximum absolute atomic E-state index is 4.49. The molecule has 2 heterocycles. The van der Waals surface area contributed by atoms with Crippen LogP contribution in [0.1, 0.15) is 38.3 Å². The van der Waals surface area contributed by atoms with E-state index in [2.05, 4.69) is 39.7 Å². The molecule has 1 aromatic heterocycles. The molecule has 19 heavy (non-hydrogen) atoms. The minimum absolute atomic E-state index is 0.390. The van der Waals surface area contributed by atoms with Crippen LogP contribution >= 0.6 is 36.1 Å². The van der Waals surface area contributed by atoms with E-state index in [-0.39, 0.29) is 0 Å². The zero-order chi connectivity index (χ0) is 13.5. The highest BCUT2D eigenvalue weighted by Gasteiger charge is 2.20. The van der Waals surface area contributed by atoms with Crippen molar-refractivity contribution in [2.45, 2.75) is 43.7 Å². The third kappa shape index (κ3) is 4.48. The Morgan fingerprint density at radius 1 is 1.42 bits per heavy atom. The van der Waals surface area contributed by atoms with Crippen LogP contribution in [0.3, 0.4) is 0 Å². The Labute approximate surface area is 129 Å². The Bertz CT molecular complexity index is 417. The normalized spacial score (nSPS) is 19.5. The van der Waals surface area contributed by atoms with E-state index < -0.39 is 0 Å². The maximum atomic E-state index is 4.49. The van der Waals surface area contributed by atoms with Gasteiger partial charge in [-0.15, -0.1) is 11.8 Å². The van der Waals surface area contributed by atoms with Gasteiger partial charge in [0.25, 0.3) is 0 Å². The van der Waals surface area contributed by atoms with Crippen LogP contribution in [0, 0.1) is 0 Å². The summed E-state index contributed by atoms with van der Waals surface area (Å²) in [6, 6.07) is 0.390. The number of nitrogens with one attached hydrogen (secondary N) is 1. The van der Waals surface area contributed by atoms with Crippen molar-refractivity contribution >= 4 is 41.7 Å². The van der Waals surface area contributed by atoms with Crippen LogP contribution in [0.15, 0.2) is 11.1 Å². The Hall–Kier alpha value is -0.0400. The number of hydrogen-bond donors (Lipinski definition) is 2. The van der Waals surface area contributed by atoms with E-state index in [1.165, 1.54) is 36.6 Å². The average Bonchev–Trinajstić information content (AvgIpc) is 2.87. The molecule has 106 valence electrons. The lowest BCUT2D eigenvalue weighted by Gasteiger charge is -2.21. The van der Waals surface area contributed by atoms with Gasteiger partial charge in [-0.1, -0.05) is 12.5 Å². The molecule has 0 bridgehead atoms. The van der Waals surface area contributed by atoms with Crippen LogP contribution in [0.5, 0.6) is 0 Å². The molecule has 0 amide bonds. The van der Waals surface area contributed by atoms with Crippen LogP contribution < -0.4 is 5.32 Å². The smallest absolute Gasteiger partial charge is 0.138 e. The van der Waals surface area contributed by atoms with Crippen LogP contribution in [0.25, 0.3) is 5.57 Å². The first kappa shape index (κ1) is 15.4. The van der Waals surface area contributed by atoms with E-state index in [0.717, 1.165) is 35.2 Å². The fourth-order valence-electron chi connectivity index (χ4n) is 2.13. The highest BCUT2D eigenvalue weighted by atomic mass is 32.2. The SMILES string of the molecule is CC1NCCC=C1c1nsnc1SCCCCCS. The molecule has 0 saturated carbocycles. The van der Waals surface area contributed by atoms with Crippen LogP contribution in [-0.4, -0.2) is 32.8 Å². The first-order valence-corrected chi connectivity index (χ1v) is 9.17. The summed E-state index contributed by atoms with van der Waals surface area (Å²) in [5.74, 6) is 2.12. The molecule has 0 fully saturated rings. The molecule has 2 rings (SSSR count). The van der Waals surface area contributed by atoms with E-state index in [9.17, 15) is 0 Å². The standard InChI is InChI=1S/C13H21N3S3/c1-10-11(6-5-7-14-10)12-13(16-19-15-12)18-9-4-2-3-8-17/h6,10,14,17H,2-5,7-9H2,1H3. The highest BCUT2D eigenvalue weighted by Crippen LogP contribution is 2.30. The third-order valence-corrected chi connectivity index (χ3v) is 5.21. The molecule has 1 atom stereocenters. The number of hydrogen-bond acceptors (Lipinski definition) is 6. The molecule has 1 aliphatic rings. The van der Waals surface area contributed by atoms with Gasteiger partial charge in [0.2, 0.25) is 0 Å². The van der Waals surface area contributed by atoms with Crippen LogP contribution in [-0.2, 0) is 0 Å². The predicted molar refractivity (Wildman–Crippen MR) is 88.4 cm³/mol. The summed E-state index contributed by atoms with van der Waals surface area (Å²) in [5, 5.41) is 4.59. The van der Waals surface area contributed by atoms with Gasteiger partial charge in [-0.3, -0.25) is 0 Å². The summed E-state index contributed by atoms with van der Waals surface area (Å²) in [6.07, 6.45) is 7.09. The summed E-state index contributed by atoms with van der Waals surface area (Å²) in [6.45, 7) is 3.26. The molecule has 0 aromatic carbocycles. The van der Waals surface area contributed by atoms with Crippen molar-refractivity contribution in [2.24, 2.45) is 0 Å². The number of aromatic nitrogens is 2. The molecule has 1 aliphatic heterocycles. The summed E-state index contributed by atoms with van der Waals surface area (Å²) in [4.78, 5) is 0. The van der Waals surface area contributed by atoms with Crippen molar-refractivity contribution in [1.82, 2.24) is 14.1 Å². The molecule has 3 nitrogen and oxygen atoms in total. The van der Waals surface area contributed by atoms with E-state index in [4.69, 9.17) is 0 Å². The first-order valence-electron chi connectivity index (χ1n) is 6.83. The zero-order valence-electron chi connectivity index (χ0n) is 11.3. The molecular formula is C13H21N3S3. The Kier molecular flexibility index (Phi) is 6.70. The van der Waals surface area contributed by atoms with Gasteiger partial charge in [0.05, 0.1) is 11.7 Å². The molecule has 1 aromatic rings. The maximum Gasteiger partial charge on any atom is 0.138 e. The van der Waals surface area contributed by atoms with E-state index >= 15 is 0 Å². The summed E-state index contributed by atoms with van der Waals surface area (Å²) in [5.41, 5.74) is 2.42. The monoisotopic (exact) mass is 315 g/mol. The van der Waals surface area contributed by atoms with Crippen LogP contribution in [0.4, 0.5) is 0 Å². The molecule has 1 unspecified atom stereocenters. The van der Waals surface area contributed by atoms with Crippen LogP contribution in [0.2, 0.25) is 0 Å². The Balaban J connectivity index is 1.92. The second-order valence-electron chi connectivity index (χ2n) is 4.67. The third-order valence-electron chi connectivity index (χ3n) is 3.20. The van der Waals surface area contributed by atoms with Crippen molar-refractivity contribution < 1.29 is 0 Å². The summed E-state index contributed by atoms with van der Waals surface area (Å²) in [7, 11) is 0. The molecule has 0 aliphatic carbocycles. The lowest BCUT2D eigenvalue weighted by Crippen LogP contribution is -2.31. The van der Waals surface area contributed by atoms with Gasteiger partial charge in [-0.25, -0.2) is 0 Å². The van der Waals surface area contributed by atoms with Crippen molar-refractivity contribution in [2.75, 3.05) is 18.1 Å². The fourth-order valence-corrected chi connectivity index (χ4v) is 4.04. The average molecular weight is 316 g/mol. The molecular weight excluding hydrogens is 294 g/mol. The van der Waals surface area contributed by atoms with Gasteiger partial charge in [0.1, 0.15) is 10.7 Å². The largest absolute Gasteiger partial charge is 0.310 e. The highest BCUT2D eigenvalue weighted by molar-refractivity contribution is 7.99. The van der Waals surface area contributed by atoms with E-state index in [1.54, 1.807) is 0 Å². The topological polar surface area (TPSA) is 37.8 Å². The molecule has 0 spiro atoms. The summed E-state index contributed by atoms with van der Waals surface area (Å²) >= 11 is 7.41. The van der Waals surface area contributed by atoms with Gasteiger partial charge in [0, 0.05) is 6.04 Å². The molecule has 6 heteroatoms. The van der Waals surface area contributed by atoms with Gasteiger partial charge >= 0.3 is 0 Å². The second-order valence-corrected chi connectivity index (χ2v) is 6.73. The lowest BCUT2D eigenvalue weighted by molar-refractivity contribution is 0.624. The molecule has 1 N–H and O–H groups in total. The quantitative estimate of drug-likeness (QED) is 0.459. The van der Waals surface area contributed by atoms with Gasteiger partial charge in [0.15, 0.2) is 0 Å². The Morgan fingerprint density at radius 2 is 2.32 bits per heavy atom. The molecule has 0 radical (unpaired) electrons. The minimum Gasteiger partial charge on any atom is -0.310 e. The Morgan fingerprint density at radius 3 is 3.11 bits per heavy atom. The number of thioether (sulfide) groups is 1. The zero-order valence-corrected chi connectivity index (χ0v) is 13.8. The molecule has 0 saturated heterocycles. The first-order chi connectivity index (χ1) is 9.33. The lowest BCUT2D eigenvalue weighted by atomic mass is 10.0. The van der Waals surface area contributed by atoms with E-state index in [0.29, 0.717) is 6.04 Å².